The fourth-order valence-corrected chi connectivity index (χ4v) is 2.30. The van der Waals surface area contributed by atoms with Gasteiger partial charge in [-0.3, -0.25) is 0 Å². The van der Waals surface area contributed by atoms with E-state index >= 15 is 0 Å². The molecule has 5 nitrogen and oxygen atoms in total. The summed E-state index contributed by atoms with van der Waals surface area (Å²) in [5, 5.41) is 8.67. The highest BCUT2D eigenvalue weighted by Gasteiger charge is 2.15. The quantitative estimate of drug-likeness (QED) is 0.811. The maximum atomic E-state index is 11.3. The lowest BCUT2D eigenvalue weighted by atomic mass is 10.2. The first kappa shape index (κ1) is 15.2. The molecular weight excluding hydrogens is 318 g/mol. The molecule has 102 valence electrons. The van der Waals surface area contributed by atoms with Crippen molar-refractivity contribution in [2.24, 2.45) is 0 Å². The fraction of sp³-hybridized carbons (Fsp3) is 0.636. The first-order valence-corrected chi connectivity index (χ1v) is 7.36. The number of hydrogen-bond acceptors (Lipinski definition) is 5. The van der Waals surface area contributed by atoms with E-state index in [1.165, 1.54) is 0 Å². The molecule has 0 atom stereocenters. The van der Waals surface area contributed by atoms with E-state index in [0.717, 1.165) is 22.7 Å². The van der Waals surface area contributed by atoms with Crippen LogP contribution >= 0.6 is 27.3 Å². The molecule has 1 amide bonds. The Labute approximate surface area is 119 Å². The summed E-state index contributed by atoms with van der Waals surface area (Å²) in [6, 6.07) is 0. The fourth-order valence-electron chi connectivity index (χ4n) is 1.12. The summed E-state index contributed by atoms with van der Waals surface area (Å²) >= 11 is 4.83. The van der Waals surface area contributed by atoms with Crippen LogP contribution in [0.4, 0.5) is 9.93 Å². The summed E-state index contributed by atoms with van der Waals surface area (Å²) in [6.45, 7) is 6.86. The molecule has 0 bridgehead atoms. The largest absolute Gasteiger partial charge is 0.444 e. The van der Waals surface area contributed by atoms with Crippen molar-refractivity contribution in [3.63, 3.8) is 0 Å². The van der Waals surface area contributed by atoms with Crippen LogP contribution in [0.15, 0.2) is 9.98 Å². The van der Waals surface area contributed by atoms with Crippen LogP contribution < -0.4 is 10.6 Å². The van der Waals surface area contributed by atoms with Gasteiger partial charge in [0.1, 0.15) is 10.2 Å². The maximum Gasteiger partial charge on any atom is 0.407 e. The predicted molar refractivity (Wildman–Crippen MR) is 77.2 cm³/mol. The third kappa shape index (κ3) is 6.80. The highest BCUT2D eigenvalue weighted by Crippen LogP contribution is 2.18. The minimum atomic E-state index is -0.449. The molecule has 1 rings (SSSR count). The molecule has 0 fully saturated rings. The van der Waals surface area contributed by atoms with Gasteiger partial charge in [-0.25, -0.2) is 9.78 Å². The number of anilines is 1. The number of nitrogens with one attached hydrogen (secondary N) is 2. The van der Waals surface area contributed by atoms with Gasteiger partial charge in [0.05, 0.1) is 0 Å². The number of ether oxygens (including phenoxy) is 1. The Balaban J connectivity index is 2.07. The number of alkyl carbamates (subject to hydrolysis) is 1. The highest BCUT2D eigenvalue weighted by molar-refractivity contribution is 9.10. The smallest absolute Gasteiger partial charge is 0.407 e. The minimum absolute atomic E-state index is 0.375. The number of amides is 1. The molecule has 0 aromatic carbocycles. The Morgan fingerprint density at radius 3 is 2.78 bits per heavy atom. The van der Waals surface area contributed by atoms with Crippen LogP contribution in [-0.2, 0) is 4.74 Å². The lowest BCUT2D eigenvalue weighted by molar-refractivity contribution is 0.0528. The molecule has 0 saturated carbocycles. The molecule has 1 aromatic rings. The van der Waals surface area contributed by atoms with Gasteiger partial charge < -0.3 is 15.4 Å². The molecule has 0 spiro atoms. The van der Waals surface area contributed by atoms with Crippen molar-refractivity contribution in [2.45, 2.75) is 32.8 Å². The number of nitrogens with zero attached hydrogens (tertiary/aromatic N) is 1. The topological polar surface area (TPSA) is 63.2 Å². The number of thiazole rings is 1. The van der Waals surface area contributed by atoms with Crippen molar-refractivity contribution >= 4 is 38.5 Å². The van der Waals surface area contributed by atoms with Gasteiger partial charge in [-0.1, -0.05) is 0 Å². The average molecular weight is 336 g/mol. The molecule has 0 unspecified atom stereocenters. The monoisotopic (exact) mass is 335 g/mol. The van der Waals surface area contributed by atoms with Crippen LogP contribution in [0.2, 0.25) is 0 Å². The first-order chi connectivity index (χ1) is 8.37. The second-order valence-corrected chi connectivity index (χ2v) is 6.35. The van der Waals surface area contributed by atoms with Gasteiger partial charge >= 0.3 is 6.09 Å². The first-order valence-electron chi connectivity index (χ1n) is 5.68. The minimum Gasteiger partial charge on any atom is -0.444 e. The Kier molecular flexibility index (Phi) is 5.87. The molecule has 7 heteroatoms. The summed E-state index contributed by atoms with van der Waals surface area (Å²) in [5.41, 5.74) is -0.449. The average Bonchev–Trinajstić information content (AvgIpc) is 2.61. The Hall–Kier alpha value is -0.820. The number of carbonyl (C=O) groups is 1. The van der Waals surface area contributed by atoms with Crippen molar-refractivity contribution in [1.82, 2.24) is 10.3 Å². The lowest BCUT2D eigenvalue weighted by Gasteiger charge is -2.19. The number of rotatable bonds is 5. The van der Waals surface area contributed by atoms with Crippen LogP contribution in [0.3, 0.4) is 0 Å². The van der Waals surface area contributed by atoms with E-state index in [0.29, 0.717) is 6.54 Å². The summed E-state index contributed by atoms with van der Waals surface area (Å²) in [7, 11) is 0. The number of hydrogen-bond donors (Lipinski definition) is 2. The number of halogens is 1. The summed E-state index contributed by atoms with van der Waals surface area (Å²) in [5.74, 6) is 0. The van der Waals surface area contributed by atoms with Crippen LogP contribution in [0.1, 0.15) is 27.2 Å². The standard InChI is InChI=1S/C11H18BrN3O2S/c1-11(2,3)17-10(16)14-6-4-5-13-9-15-8(12)7-18-9/h7H,4-6H2,1-3H3,(H,13,15)(H,14,16). The van der Waals surface area contributed by atoms with Crippen molar-refractivity contribution in [3.8, 4) is 0 Å². The van der Waals surface area contributed by atoms with E-state index < -0.39 is 5.60 Å². The number of carbonyl (C=O) groups excluding carboxylic acids is 1. The molecule has 0 radical (unpaired) electrons. The SMILES string of the molecule is CC(C)(C)OC(=O)NCCCNc1nc(Br)cs1. The third-order valence-corrected chi connectivity index (χ3v) is 3.28. The van der Waals surface area contributed by atoms with Gasteiger partial charge in [-0.05, 0) is 43.1 Å². The Morgan fingerprint density at radius 2 is 2.22 bits per heavy atom. The molecule has 0 aliphatic heterocycles. The molecule has 1 heterocycles. The maximum absolute atomic E-state index is 11.3. The molecule has 0 aliphatic carbocycles. The van der Waals surface area contributed by atoms with Crippen LogP contribution in [-0.4, -0.2) is 29.8 Å². The van der Waals surface area contributed by atoms with Gasteiger partial charge in [0, 0.05) is 18.5 Å². The van der Waals surface area contributed by atoms with E-state index in [4.69, 9.17) is 4.74 Å². The molecule has 0 saturated heterocycles. The summed E-state index contributed by atoms with van der Waals surface area (Å²) in [6.07, 6.45) is 0.440. The second-order valence-electron chi connectivity index (χ2n) is 4.68. The van der Waals surface area contributed by atoms with Gasteiger partial charge in [0.2, 0.25) is 0 Å². The van der Waals surface area contributed by atoms with Crippen LogP contribution in [0, 0.1) is 0 Å². The van der Waals surface area contributed by atoms with Crippen LogP contribution in [0.5, 0.6) is 0 Å². The van der Waals surface area contributed by atoms with Crippen LogP contribution in [0.25, 0.3) is 0 Å². The van der Waals surface area contributed by atoms with Crippen molar-refractivity contribution in [2.75, 3.05) is 18.4 Å². The summed E-state index contributed by atoms with van der Waals surface area (Å²) in [4.78, 5) is 15.5. The van der Waals surface area contributed by atoms with Gasteiger partial charge in [0.15, 0.2) is 5.13 Å². The molecule has 2 N–H and O–H groups in total. The molecule has 18 heavy (non-hydrogen) atoms. The van der Waals surface area contributed by atoms with Gasteiger partial charge in [-0.15, -0.1) is 11.3 Å². The number of aromatic nitrogens is 1. The second kappa shape index (κ2) is 6.94. The Bertz CT molecular complexity index is 390. The van der Waals surface area contributed by atoms with Gasteiger partial charge in [-0.2, -0.15) is 0 Å². The predicted octanol–water partition coefficient (Wildman–Crippen LogP) is 3.23. The molecular formula is C11H18BrN3O2S. The Morgan fingerprint density at radius 1 is 1.50 bits per heavy atom. The normalized spacial score (nSPS) is 11.1. The lowest BCUT2D eigenvalue weighted by Crippen LogP contribution is -2.33. The van der Waals surface area contributed by atoms with Gasteiger partial charge in [0.25, 0.3) is 0 Å². The van der Waals surface area contributed by atoms with E-state index in [-0.39, 0.29) is 6.09 Å². The van der Waals surface area contributed by atoms with Crippen molar-refractivity contribution < 1.29 is 9.53 Å². The third-order valence-electron chi connectivity index (χ3n) is 1.77. The van der Waals surface area contributed by atoms with Crippen molar-refractivity contribution in [1.29, 1.82) is 0 Å². The molecule has 0 aliphatic rings. The molecule has 1 aromatic heterocycles. The van der Waals surface area contributed by atoms with Crippen molar-refractivity contribution in [3.05, 3.63) is 9.98 Å². The van der Waals surface area contributed by atoms with E-state index in [1.807, 2.05) is 26.2 Å². The van der Waals surface area contributed by atoms with E-state index in [1.54, 1.807) is 11.3 Å². The summed E-state index contributed by atoms with van der Waals surface area (Å²) < 4.78 is 5.95. The van der Waals surface area contributed by atoms with E-state index in [2.05, 4.69) is 31.5 Å². The zero-order valence-electron chi connectivity index (χ0n) is 10.7. The zero-order valence-corrected chi connectivity index (χ0v) is 13.2. The van der Waals surface area contributed by atoms with E-state index in [9.17, 15) is 4.79 Å². The highest BCUT2D eigenvalue weighted by atomic mass is 79.9. The zero-order chi connectivity index (χ0) is 13.6.